The lowest BCUT2D eigenvalue weighted by Crippen LogP contribution is -2.29. The van der Waals surface area contributed by atoms with Gasteiger partial charge in [-0.25, -0.2) is 4.98 Å². The number of hydrogen-bond donors (Lipinski definition) is 0. The number of aromatic nitrogens is 2. The monoisotopic (exact) mass is 511 g/mol. The number of carbonyl (C=O) groups excluding carboxylic acids is 1. The largest absolute Gasteiger partial charge is 0.493 e. The van der Waals surface area contributed by atoms with E-state index in [9.17, 15) is 4.79 Å². The number of imidazole rings is 1. The first kappa shape index (κ1) is 25.4. The van der Waals surface area contributed by atoms with Crippen molar-refractivity contribution in [3.05, 3.63) is 102 Å². The Kier molecular flexibility index (Phi) is 7.63. The Morgan fingerprint density at radius 3 is 2.45 bits per heavy atom. The molecule has 1 aliphatic heterocycles. The van der Waals surface area contributed by atoms with E-state index in [0.29, 0.717) is 36.1 Å². The molecule has 0 N–H and O–H groups in total. The molecule has 7 heteroatoms. The van der Waals surface area contributed by atoms with Gasteiger partial charge in [-0.05, 0) is 60.4 Å². The van der Waals surface area contributed by atoms with E-state index in [-0.39, 0.29) is 5.91 Å². The Bertz CT molecular complexity index is 1380. The number of amides is 1. The normalized spacial score (nSPS) is 14.4. The Morgan fingerprint density at radius 1 is 0.974 bits per heavy atom. The van der Waals surface area contributed by atoms with Gasteiger partial charge in [0.1, 0.15) is 23.0 Å². The molecule has 0 spiro atoms. The van der Waals surface area contributed by atoms with Gasteiger partial charge in [-0.15, -0.1) is 0 Å². The Hall–Kier alpha value is -4.26. The Labute approximate surface area is 223 Å². The summed E-state index contributed by atoms with van der Waals surface area (Å²) in [7, 11) is 5.07. The second-order valence-corrected chi connectivity index (χ2v) is 9.58. The van der Waals surface area contributed by atoms with Crippen LogP contribution in [0.2, 0.25) is 0 Å². The lowest BCUT2D eigenvalue weighted by Gasteiger charge is -2.24. The summed E-state index contributed by atoms with van der Waals surface area (Å²) in [6.07, 6.45) is 4.46. The number of para-hydroxylation sites is 1. The summed E-state index contributed by atoms with van der Waals surface area (Å²) in [4.78, 5) is 19.5. The fourth-order valence-electron chi connectivity index (χ4n) is 4.88. The summed E-state index contributed by atoms with van der Waals surface area (Å²) in [5.41, 5.74) is 2.85. The zero-order valence-corrected chi connectivity index (χ0v) is 22.1. The molecule has 5 rings (SSSR count). The molecule has 38 heavy (non-hydrogen) atoms. The zero-order chi connectivity index (χ0) is 26.5. The predicted octanol–water partition coefficient (Wildman–Crippen LogP) is 5.74. The molecule has 1 unspecified atom stereocenters. The molecule has 3 aromatic carbocycles. The van der Waals surface area contributed by atoms with Gasteiger partial charge in [0.2, 0.25) is 0 Å². The maximum absolute atomic E-state index is 13.1. The van der Waals surface area contributed by atoms with E-state index >= 15 is 0 Å². The molecule has 1 amide bonds. The second kappa shape index (κ2) is 11.4. The SMILES string of the molecule is COc1ccc(CCN(C)C(=O)c2cn3c(n2)CCC(c2ccc(Oc4ccccc4)cc2)C3)cc1OC. The molecule has 1 atom stereocenters. The molecule has 196 valence electrons. The summed E-state index contributed by atoms with van der Waals surface area (Å²) in [6.45, 7) is 1.39. The number of rotatable bonds is 9. The van der Waals surface area contributed by atoms with E-state index in [1.54, 1.807) is 19.1 Å². The maximum Gasteiger partial charge on any atom is 0.273 e. The van der Waals surface area contributed by atoms with Crippen molar-refractivity contribution in [1.82, 2.24) is 14.5 Å². The third-order valence-electron chi connectivity index (χ3n) is 7.07. The minimum absolute atomic E-state index is 0.0636. The molecule has 2 heterocycles. The van der Waals surface area contributed by atoms with Gasteiger partial charge < -0.3 is 23.7 Å². The summed E-state index contributed by atoms with van der Waals surface area (Å²) in [5.74, 6) is 4.31. The maximum atomic E-state index is 13.1. The molecule has 0 radical (unpaired) electrons. The van der Waals surface area contributed by atoms with Crippen LogP contribution in [-0.2, 0) is 19.4 Å². The first-order valence-electron chi connectivity index (χ1n) is 12.9. The molecule has 7 nitrogen and oxygen atoms in total. The van der Waals surface area contributed by atoms with E-state index < -0.39 is 0 Å². The van der Waals surface area contributed by atoms with E-state index in [2.05, 4.69) is 21.7 Å². The van der Waals surface area contributed by atoms with E-state index in [1.165, 1.54) is 5.56 Å². The van der Waals surface area contributed by atoms with Gasteiger partial charge in [0.15, 0.2) is 11.5 Å². The molecule has 0 saturated heterocycles. The minimum Gasteiger partial charge on any atom is -0.493 e. The Balaban J connectivity index is 1.19. The average Bonchev–Trinajstić information content (AvgIpc) is 3.40. The van der Waals surface area contributed by atoms with Crippen LogP contribution in [0.1, 0.15) is 39.8 Å². The van der Waals surface area contributed by atoms with Crippen molar-refractivity contribution in [2.45, 2.75) is 31.7 Å². The summed E-state index contributed by atoms with van der Waals surface area (Å²) >= 11 is 0. The molecule has 1 aliphatic rings. The zero-order valence-electron chi connectivity index (χ0n) is 22.1. The van der Waals surface area contributed by atoms with Gasteiger partial charge in [0.05, 0.1) is 14.2 Å². The van der Waals surface area contributed by atoms with Crippen LogP contribution in [0.25, 0.3) is 0 Å². The van der Waals surface area contributed by atoms with Gasteiger partial charge in [-0.2, -0.15) is 0 Å². The quantitative estimate of drug-likeness (QED) is 0.287. The van der Waals surface area contributed by atoms with E-state index in [4.69, 9.17) is 14.2 Å². The van der Waals surface area contributed by atoms with Crippen molar-refractivity contribution in [3.8, 4) is 23.0 Å². The van der Waals surface area contributed by atoms with E-state index in [1.807, 2.05) is 73.9 Å². The van der Waals surface area contributed by atoms with Crippen LogP contribution < -0.4 is 14.2 Å². The molecule has 0 saturated carbocycles. The highest BCUT2D eigenvalue weighted by atomic mass is 16.5. The van der Waals surface area contributed by atoms with Crippen molar-refractivity contribution in [3.63, 3.8) is 0 Å². The highest BCUT2D eigenvalue weighted by molar-refractivity contribution is 5.92. The van der Waals surface area contributed by atoms with Crippen LogP contribution in [0.15, 0.2) is 79.0 Å². The van der Waals surface area contributed by atoms with E-state index in [0.717, 1.165) is 42.3 Å². The van der Waals surface area contributed by atoms with Crippen molar-refractivity contribution < 1.29 is 19.0 Å². The lowest BCUT2D eigenvalue weighted by molar-refractivity contribution is 0.0791. The predicted molar refractivity (Wildman–Crippen MR) is 146 cm³/mol. The molecule has 4 aromatic rings. The van der Waals surface area contributed by atoms with Crippen molar-refractivity contribution in [2.75, 3.05) is 27.8 Å². The van der Waals surface area contributed by atoms with Gasteiger partial charge in [-0.1, -0.05) is 36.4 Å². The summed E-state index contributed by atoms with van der Waals surface area (Å²) in [6, 6.07) is 23.9. The van der Waals surface area contributed by atoms with Gasteiger partial charge in [0.25, 0.3) is 5.91 Å². The fraction of sp³-hybridized carbons (Fsp3) is 0.290. The van der Waals surface area contributed by atoms with Crippen LogP contribution >= 0.6 is 0 Å². The lowest BCUT2D eigenvalue weighted by atomic mass is 9.91. The minimum atomic E-state index is -0.0636. The first-order valence-corrected chi connectivity index (χ1v) is 12.9. The molecule has 0 bridgehead atoms. The van der Waals surface area contributed by atoms with Crippen LogP contribution in [0.3, 0.4) is 0 Å². The summed E-state index contributed by atoms with van der Waals surface area (Å²) < 4.78 is 18.8. The second-order valence-electron chi connectivity index (χ2n) is 9.58. The third kappa shape index (κ3) is 5.67. The fourth-order valence-corrected chi connectivity index (χ4v) is 4.88. The van der Waals surface area contributed by atoms with Crippen molar-refractivity contribution >= 4 is 5.91 Å². The van der Waals surface area contributed by atoms with Gasteiger partial charge in [0, 0.05) is 38.7 Å². The van der Waals surface area contributed by atoms with Crippen LogP contribution in [0, 0.1) is 0 Å². The molecular weight excluding hydrogens is 478 g/mol. The third-order valence-corrected chi connectivity index (χ3v) is 7.07. The number of likely N-dealkylation sites (N-methyl/N-ethyl adjacent to an activating group) is 1. The number of nitrogens with zero attached hydrogens (tertiary/aromatic N) is 3. The number of benzene rings is 3. The number of carbonyl (C=O) groups is 1. The Morgan fingerprint density at radius 2 is 1.71 bits per heavy atom. The number of ether oxygens (including phenoxy) is 3. The highest BCUT2D eigenvalue weighted by Gasteiger charge is 2.24. The molecule has 0 aliphatic carbocycles. The number of fused-ring (bicyclic) bond motifs is 1. The number of aryl methyl sites for hydroxylation is 1. The number of methoxy groups -OCH3 is 2. The smallest absolute Gasteiger partial charge is 0.273 e. The topological polar surface area (TPSA) is 65.8 Å². The van der Waals surface area contributed by atoms with Crippen LogP contribution in [0.5, 0.6) is 23.0 Å². The van der Waals surface area contributed by atoms with Crippen molar-refractivity contribution in [1.29, 1.82) is 0 Å². The summed E-state index contributed by atoms with van der Waals surface area (Å²) in [5, 5.41) is 0. The van der Waals surface area contributed by atoms with Crippen LogP contribution in [-0.4, -0.2) is 48.2 Å². The highest BCUT2D eigenvalue weighted by Crippen LogP contribution is 2.31. The van der Waals surface area contributed by atoms with Gasteiger partial charge >= 0.3 is 0 Å². The average molecular weight is 512 g/mol. The first-order chi connectivity index (χ1) is 18.5. The number of hydrogen-bond acceptors (Lipinski definition) is 5. The van der Waals surface area contributed by atoms with Gasteiger partial charge in [-0.3, -0.25) is 4.79 Å². The molecule has 0 fully saturated rings. The standard InChI is InChI=1S/C31H33N3O4/c1-33(18-17-22-9-15-28(36-2)29(19-22)37-3)31(35)27-21-34-20-24(12-16-30(34)32-27)23-10-13-26(14-11-23)38-25-7-5-4-6-8-25/h4-11,13-15,19,21,24H,12,16-18,20H2,1-3H3. The van der Waals surface area contributed by atoms with Crippen molar-refractivity contribution in [2.24, 2.45) is 0 Å². The molecular formula is C31H33N3O4. The molecule has 1 aromatic heterocycles. The van der Waals surface area contributed by atoms with Crippen LogP contribution in [0.4, 0.5) is 0 Å².